The second kappa shape index (κ2) is 5.47. The highest BCUT2D eigenvalue weighted by Crippen LogP contribution is 2.33. The molecule has 0 radical (unpaired) electrons. The van der Waals surface area contributed by atoms with Crippen molar-refractivity contribution in [3.8, 4) is 0 Å². The number of cyclic esters (lactones) is 1. The molecule has 0 spiro atoms. The van der Waals surface area contributed by atoms with Gasteiger partial charge in [0.15, 0.2) is 0 Å². The molecule has 0 saturated heterocycles. The highest BCUT2D eigenvalue weighted by atomic mass is 79.9. The monoisotopic (exact) mass is 326 g/mol. The summed E-state index contributed by atoms with van der Waals surface area (Å²) in [6, 6.07) is 19.8. The minimum Gasteiger partial charge on any atom is -0.422 e. The largest absolute Gasteiger partial charge is 0.422 e. The second-order valence-electron chi connectivity index (χ2n) is 4.35. The molecule has 20 heavy (non-hydrogen) atoms. The highest BCUT2D eigenvalue weighted by molar-refractivity contribution is 9.12. The molecule has 2 nitrogen and oxygen atoms in total. The van der Waals surface area contributed by atoms with Gasteiger partial charge in [-0.2, -0.15) is 0 Å². The van der Waals surface area contributed by atoms with Gasteiger partial charge in [-0.25, -0.2) is 4.79 Å². The Labute approximate surface area is 125 Å². The van der Waals surface area contributed by atoms with Crippen molar-refractivity contribution in [1.82, 2.24) is 0 Å². The molecule has 0 aliphatic carbocycles. The fourth-order valence-corrected chi connectivity index (χ4v) is 2.42. The van der Waals surface area contributed by atoms with Crippen molar-refractivity contribution in [1.29, 1.82) is 0 Å². The van der Waals surface area contributed by atoms with Gasteiger partial charge in [0.2, 0.25) is 0 Å². The molecule has 1 heterocycles. The van der Waals surface area contributed by atoms with Gasteiger partial charge in [-0.1, -0.05) is 60.7 Å². The Morgan fingerprint density at radius 3 is 1.75 bits per heavy atom. The molecule has 1 aliphatic heterocycles. The quantitative estimate of drug-likeness (QED) is 0.770. The average molecular weight is 327 g/mol. The third-order valence-electron chi connectivity index (χ3n) is 3.03. The minimum absolute atomic E-state index is 0.357. The smallest absolute Gasteiger partial charge is 0.350 e. The van der Waals surface area contributed by atoms with Crippen molar-refractivity contribution in [2.75, 3.05) is 0 Å². The van der Waals surface area contributed by atoms with Crippen LogP contribution in [0, 0.1) is 0 Å². The molecular weight excluding hydrogens is 316 g/mol. The van der Waals surface area contributed by atoms with E-state index < -0.39 is 0 Å². The molecule has 0 amide bonds. The van der Waals surface area contributed by atoms with E-state index in [1.54, 1.807) is 6.08 Å². The maximum absolute atomic E-state index is 11.6. The van der Waals surface area contributed by atoms with E-state index in [9.17, 15) is 4.79 Å². The van der Waals surface area contributed by atoms with Crippen molar-refractivity contribution < 1.29 is 9.53 Å². The standard InChI is InChI=1S/C17H11BrO2/c18-14-11-15(20-17(14)19)16(12-7-3-1-4-8-12)13-9-5-2-6-10-13/h1-11H. The van der Waals surface area contributed by atoms with Crippen LogP contribution in [0.15, 0.2) is 77.0 Å². The molecule has 3 rings (SSSR count). The Morgan fingerprint density at radius 1 is 0.850 bits per heavy atom. The summed E-state index contributed by atoms with van der Waals surface area (Å²) in [6.07, 6.45) is 1.72. The van der Waals surface area contributed by atoms with Crippen LogP contribution in [0.3, 0.4) is 0 Å². The van der Waals surface area contributed by atoms with Gasteiger partial charge in [0.1, 0.15) is 10.2 Å². The Kier molecular flexibility index (Phi) is 3.52. The molecule has 0 saturated carbocycles. The summed E-state index contributed by atoms with van der Waals surface area (Å²) in [5.41, 5.74) is 2.94. The molecule has 0 bridgehead atoms. The fraction of sp³-hybridized carbons (Fsp3) is 0. The van der Waals surface area contributed by atoms with Gasteiger partial charge in [-0.3, -0.25) is 0 Å². The number of hydrogen-bond donors (Lipinski definition) is 0. The molecule has 0 atom stereocenters. The Balaban J connectivity index is 2.21. The number of esters is 1. The summed E-state index contributed by atoms with van der Waals surface area (Å²) < 4.78 is 5.79. The first-order valence-corrected chi connectivity index (χ1v) is 6.99. The van der Waals surface area contributed by atoms with E-state index in [-0.39, 0.29) is 5.97 Å². The first-order chi connectivity index (χ1) is 9.75. The first-order valence-electron chi connectivity index (χ1n) is 6.20. The summed E-state index contributed by atoms with van der Waals surface area (Å²) >= 11 is 3.21. The molecule has 0 N–H and O–H groups in total. The van der Waals surface area contributed by atoms with Crippen LogP contribution in [0.5, 0.6) is 0 Å². The molecule has 0 fully saturated rings. The minimum atomic E-state index is -0.357. The summed E-state index contributed by atoms with van der Waals surface area (Å²) in [5, 5.41) is 0. The maximum Gasteiger partial charge on any atom is 0.350 e. The number of rotatable bonds is 2. The molecule has 2 aromatic rings. The number of benzene rings is 2. The van der Waals surface area contributed by atoms with Gasteiger partial charge < -0.3 is 4.74 Å². The van der Waals surface area contributed by atoms with E-state index in [4.69, 9.17) is 4.74 Å². The zero-order valence-corrected chi connectivity index (χ0v) is 12.1. The van der Waals surface area contributed by atoms with Crippen LogP contribution in [0.1, 0.15) is 11.1 Å². The number of carbonyl (C=O) groups is 1. The fourth-order valence-electron chi connectivity index (χ4n) is 2.14. The van der Waals surface area contributed by atoms with Crippen molar-refractivity contribution in [3.05, 3.63) is 88.1 Å². The van der Waals surface area contributed by atoms with E-state index >= 15 is 0 Å². The normalized spacial score (nSPS) is 13.9. The van der Waals surface area contributed by atoms with Gasteiger partial charge in [0, 0.05) is 11.6 Å². The number of ether oxygens (including phenoxy) is 1. The summed E-state index contributed by atoms with van der Waals surface area (Å²) in [5.74, 6) is 0.212. The summed E-state index contributed by atoms with van der Waals surface area (Å²) in [7, 11) is 0. The molecular formula is C17H11BrO2. The van der Waals surface area contributed by atoms with Crippen LogP contribution in [0.4, 0.5) is 0 Å². The van der Waals surface area contributed by atoms with Crippen LogP contribution in [0.25, 0.3) is 5.57 Å². The number of halogens is 1. The van der Waals surface area contributed by atoms with Crippen LogP contribution in [0.2, 0.25) is 0 Å². The number of hydrogen-bond acceptors (Lipinski definition) is 2. The predicted octanol–water partition coefficient (Wildman–Crippen LogP) is 4.28. The Hall–Kier alpha value is -2.13. The zero-order valence-electron chi connectivity index (χ0n) is 10.5. The van der Waals surface area contributed by atoms with Gasteiger partial charge in [-0.15, -0.1) is 0 Å². The van der Waals surface area contributed by atoms with Gasteiger partial charge in [-0.05, 0) is 27.1 Å². The molecule has 1 aliphatic rings. The summed E-state index contributed by atoms with van der Waals surface area (Å²) in [4.78, 5) is 11.6. The lowest BCUT2D eigenvalue weighted by Crippen LogP contribution is -1.97. The second-order valence-corrected chi connectivity index (χ2v) is 5.21. The molecule has 0 aromatic heterocycles. The first kappa shape index (κ1) is 12.9. The third kappa shape index (κ3) is 2.45. The molecule has 98 valence electrons. The van der Waals surface area contributed by atoms with Crippen molar-refractivity contribution >= 4 is 27.5 Å². The predicted molar refractivity (Wildman–Crippen MR) is 82.0 cm³/mol. The van der Waals surface area contributed by atoms with Crippen molar-refractivity contribution in [2.45, 2.75) is 0 Å². The van der Waals surface area contributed by atoms with Gasteiger partial charge in [0.25, 0.3) is 0 Å². The lowest BCUT2D eigenvalue weighted by Gasteiger charge is -2.10. The van der Waals surface area contributed by atoms with E-state index in [1.165, 1.54) is 0 Å². The van der Waals surface area contributed by atoms with E-state index in [2.05, 4.69) is 15.9 Å². The zero-order chi connectivity index (χ0) is 13.9. The molecule has 0 unspecified atom stereocenters. The van der Waals surface area contributed by atoms with Crippen LogP contribution < -0.4 is 0 Å². The van der Waals surface area contributed by atoms with Gasteiger partial charge in [0.05, 0.1) is 0 Å². The van der Waals surface area contributed by atoms with E-state index in [0.29, 0.717) is 10.2 Å². The van der Waals surface area contributed by atoms with Crippen molar-refractivity contribution in [2.24, 2.45) is 0 Å². The molecule has 3 heteroatoms. The van der Waals surface area contributed by atoms with Gasteiger partial charge >= 0.3 is 5.97 Å². The average Bonchev–Trinajstić information content (AvgIpc) is 2.81. The van der Waals surface area contributed by atoms with E-state index in [1.807, 2.05) is 60.7 Å². The van der Waals surface area contributed by atoms with Crippen molar-refractivity contribution in [3.63, 3.8) is 0 Å². The van der Waals surface area contributed by atoms with Crippen LogP contribution >= 0.6 is 15.9 Å². The topological polar surface area (TPSA) is 26.3 Å². The maximum atomic E-state index is 11.6. The lowest BCUT2D eigenvalue weighted by atomic mass is 9.97. The van der Waals surface area contributed by atoms with E-state index in [0.717, 1.165) is 16.7 Å². The van der Waals surface area contributed by atoms with Crippen LogP contribution in [-0.4, -0.2) is 5.97 Å². The Morgan fingerprint density at radius 2 is 1.35 bits per heavy atom. The third-order valence-corrected chi connectivity index (χ3v) is 3.58. The summed E-state index contributed by atoms with van der Waals surface area (Å²) in [6.45, 7) is 0. The molecule has 2 aromatic carbocycles. The SMILES string of the molecule is O=C1OC(=C(c2ccccc2)c2ccccc2)C=C1Br. The Bertz CT molecular complexity index is 659. The highest BCUT2D eigenvalue weighted by Gasteiger charge is 2.23. The number of allylic oxidation sites excluding steroid dienone is 1. The van der Waals surface area contributed by atoms with Crippen LogP contribution in [-0.2, 0) is 9.53 Å². The number of carbonyl (C=O) groups excluding carboxylic acids is 1. The lowest BCUT2D eigenvalue weighted by molar-refractivity contribution is -0.132.